The Labute approximate surface area is 115 Å². The van der Waals surface area contributed by atoms with Gasteiger partial charge in [0.25, 0.3) is 0 Å². The highest BCUT2D eigenvalue weighted by Crippen LogP contribution is 2.28. The highest BCUT2D eigenvalue weighted by molar-refractivity contribution is 6.26. The molecule has 1 aliphatic heterocycles. The van der Waals surface area contributed by atoms with E-state index in [9.17, 15) is 4.79 Å². The Morgan fingerprint density at radius 3 is 2.37 bits per heavy atom. The third-order valence-electron chi connectivity index (χ3n) is 3.33. The largest absolute Gasteiger partial charge is 0.364 e. The number of nitrogens with zero attached hydrogens (tertiary/aromatic N) is 1. The molecule has 0 radical (unpaired) electrons. The van der Waals surface area contributed by atoms with Crippen molar-refractivity contribution in [2.24, 2.45) is 5.92 Å². The molecule has 0 saturated heterocycles. The Kier molecular flexibility index (Phi) is 3.93. The maximum atomic E-state index is 12.6. The highest BCUT2D eigenvalue weighted by Gasteiger charge is 2.34. The molecule has 1 aromatic rings. The van der Waals surface area contributed by atoms with E-state index < -0.39 is 0 Å². The summed E-state index contributed by atoms with van der Waals surface area (Å²) in [6.45, 7) is 4.29. The summed E-state index contributed by atoms with van der Waals surface area (Å²) in [5.74, 6) is 1.64. The van der Waals surface area contributed by atoms with Crippen molar-refractivity contribution < 1.29 is 4.79 Å². The van der Waals surface area contributed by atoms with Gasteiger partial charge in [-0.2, -0.15) is 0 Å². The molecule has 102 valence electrons. The number of carbonyl (C=O) groups excluding carboxylic acids is 1. The van der Waals surface area contributed by atoms with E-state index in [0.29, 0.717) is 5.92 Å². The van der Waals surface area contributed by atoms with Gasteiger partial charge in [0.1, 0.15) is 5.82 Å². The van der Waals surface area contributed by atoms with Gasteiger partial charge in [-0.1, -0.05) is 44.2 Å². The molecular weight excluding hydrogens is 236 g/mol. The lowest BCUT2D eigenvalue weighted by Gasteiger charge is -2.19. The molecule has 1 aliphatic rings. The predicted octanol–water partition coefficient (Wildman–Crippen LogP) is 2.50. The van der Waals surface area contributed by atoms with E-state index in [4.69, 9.17) is 0 Å². The average molecular weight is 258 g/mol. The summed E-state index contributed by atoms with van der Waals surface area (Å²) in [4.78, 5) is 14.6. The molecule has 0 aliphatic carbocycles. The maximum absolute atomic E-state index is 12.6. The molecule has 3 nitrogen and oxygen atoms in total. The monoisotopic (exact) mass is 258 g/mol. The molecule has 1 aromatic carbocycles. The number of hydrogen-bond donors (Lipinski definition) is 1. The third-order valence-corrected chi connectivity index (χ3v) is 3.33. The second kappa shape index (κ2) is 5.47. The quantitative estimate of drug-likeness (QED) is 0.900. The molecule has 0 spiro atoms. The summed E-state index contributed by atoms with van der Waals surface area (Å²) < 4.78 is 0. The highest BCUT2D eigenvalue weighted by atomic mass is 16.1. The zero-order chi connectivity index (χ0) is 14.0. The lowest BCUT2D eigenvalue weighted by atomic mass is 9.95. The zero-order valence-electron chi connectivity index (χ0n) is 12.1. The van der Waals surface area contributed by atoms with Crippen molar-refractivity contribution in [1.82, 2.24) is 10.2 Å². The summed E-state index contributed by atoms with van der Waals surface area (Å²) in [6, 6.07) is 9.81. The molecule has 19 heavy (non-hydrogen) atoms. The van der Waals surface area contributed by atoms with Gasteiger partial charge in [-0.25, -0.2) is 0 Å². The molecule has 0 bridgehead atoms. The molecule has 0 fully saturated rings. The van der Waals surface area contributed by atoms with Crippen molar-refractivity contribution in [2.75, 3.05) is 14.1 Å². The molecule has 3 heteroatoms. The van der Waals surface area contributed by atoms with Crippen molar-refractivity contribution >= 4 is 11.4 Å². The van der Waals surface area contributed by atoms with Gasteiger partial charge in [-0.15, -0.1) is 0 Å². The predicted molar refractivity (Wildman–Crippen MR) is 78.4 cm³/mol. The first-order valence-corrected chi connectivity index (χ1v) is 6.78. The van der Waals surface area contributed by atoms with Crippen LogP contribution in [0, 0.1) is 5.92 Å². The first-order valence-electron chi connectivity index (χ1n) is 6.78. The van der Waals surface area contributed by atoms with E-state index in [1.165, 1.54) is 0 Å². The number of Topliss-reactive ketones (excluding diaryl/α,β-unsaturated/α-hetero) is 1. The summed E-state index contributed by atoms with van der Waals surface area (Å²) in [5.41, 5.74) is 1.81. The standard InChI is InChI=1S/C16H22N2O/c1-11(2)10-13-15(19)14(16(17-13)18(3)4)12-8-6-5-7-9-12/h5-9,11,13,17H,10H2,1-4H3. The summed E-state index contributed by atoms with van der Waals surface area (Å²) in [6.07, 6.45) is 0.868. The third kappa shape index (κ3) is 2.80. The van der Waals surface area contributed by atoms with Crippen LogP contribution >= 0.6 is 0 Å². The van der Waals surface area contributed by atoms with Gasteiger partial charge in [-0.05, 0) is 17.9 Å². The van der Waals surface area contributed by atoms with Crippen LogP contribution < -0.4 is 5.32 Å². The van der Waals surface area contributed by atoms with Crippen molar-refractivity contribution in [3.8, 4) is 0 Å². The van der Waals surface area contributed by atoms with Gasteiger partial charge in [0.05, 0.1) is 11.6 Å². The molecule has 1 heterocycles. The van der Waals surface area contributed by atoms with Crippen molar-refractivity contribution in [3.63, 3.8) is 0 Å². The van der Waals surface area contributed by atoms with E-state index in [2.05, 4.69) is 19.2 Å². The van der Waals surface area contributed by atoms with Crippen LogP contribution in [0.25, 0.3) is 5.57 Å². The minimum Gasteiger partial charge on any atom is -0.364 e. The smallest absolute Gasteiger partial charge is 0.189 e. The van der Waals surface area contributed by atoms with E-state index in [0.717, 1.165) is 23.4 Å². The number of ketones is 1. The van der Waals surface area contributed by atoms with E-state index in [1.807, 2.05) is 49.3 Å². The molecule has 0 saturated carbocycles. The van der Waals surface area contributed by atoms with Crippen LogP contribution in [0.15, 0.2) is 36.2 Å². The van der Waals surface area contributed by atoms with Gasteiger partial charge in [0, 0.05) is 14.1 Å². The number of carbonyl (C=O) groups is 1. The summed E-state index contributed by atoms with van der Waals surface area (Å²) in [5, 5.41) is 3.38. The Balaban J connectivity index is 2.36. The lowest BCUT2D eigenvalue weighted by molar-refractivity contribution is -0.115. The van der Waals surface area contributed by atoms with Crippen LogP contribution in [0.1, 0.15) is 25.8 Å². The van der Waals surface area contributed by atoms with Crippen LogP contribution in [0.2, 0.25) is 0 Å². The van der Waals surface area contributed by atoms with Gasteiger partial charge in [0.2, 0.25) is 0 Å². The molecule has 1 atom stereocenters. The van der Waals surface area contributed by atoms with Gasteiger partial charge >= 0.3 is 0 Å². The molecule has 0 aromatic heterocycles. The Morgan fingerprint density at radius 1 is 1.21 bits per heavy atom. The average Bonchev–Trinajstić information content (AvgIpc) is 2.67. The Morgan fingerprint density at radius 2 is 1.84 bits per heavy atom. The molecule has 0 amide bonds. The summed E-state index contributed by atoms with van der Waals surface area (Å²) in [7, 11) is 3.94. The van der Waals surface area contributed by atoms with Gasteiger partial charge in [0.15, 0.2) is 5.78 Å². The van der Waals surface area contributed by atoms with Gasteiger partial charge < -0.3 is 10.2 Å². The molecular formula is C16H22N2O. The topological polar surface area (TPSA) is 32.3 Å². The number of benzene rings is 1. The van der Waals surface area contributed by atoms with E-state index in [1.54, 1.807) is 0 Å². The van der Waals surface area contributed by atoms with E-state index >= 15 is 0 Å². The van der Waals surface area contributed by atoms with Crippen molar-refractivity contribution in [1.29, 1.82) is 0 Å². The minimum absolute atomic E-state index is 0.0902. The SMILES string of the molecule is CC(C)CC1NC(N(C)C)=C(c2ccccc2)C1=O. The van der Waals surface area contributed by atoms with Gasteiger partial charge in [-0.3, -0.25) is 4.79 Å². The number of nitrogens with one attached hydrogen (secondary N) is 1. The maximum Gasteiger partial charge on any atom is 0.189 e. The molecule has 1 unspecified atom stereocenters. The van der Waals surface area contributed by atoms with Crippen LogP contribution in [-0.2, 0) is 4.79 Å². The second-order valence-corrected chi connectivity index (χ2v) is 5.67. The minimum atomic E-state index is -0.0902. The first kappa shape index (κ1) is 13.7. The Bertz CT molecular complexity index is 489. The normalized spacial score (nSPS) is 19.0. The van der Waals surface area contributed by atoms with Crippen LogP contribution in [0.4, 0.5) is 0 Å². The zero-order valence-corrected chi connectivity index (χ0v) is 12.1. The van der Waals surface area contributed by atoms with Crippen molar-refractivity contribution in [2.45, 2.75) is 26.3 Å². The fraction of sp³-hybridized carbons (Fsp3) is 0.438. The second-order valence-electron chi connectivity index (χ2n) is 5.67. The number of hydrogen-bond acceptors (Lipinski definition) is 3. The molecule has 2 rings (SSSR count). The van der Waals surface area contributed by atoms with E-state index in [-0.39, 0.29) is 11.8 Å². The first-order chi connectivity index (χ1) is 9.00. The van der Waals surface area contributed by atoms with Crippen LogP contribution in [0.5, 0.6) is 0 Å². The number of rotatable bonds is 4. The fourth-order valence-corrected chi connectivity index (χ4v) is 2.47. The van der Waals surface area contributed by atoms with Crippen molar-refractivity contribution in [3.05, 3.63) is 41.7 Å². The summed E-state index contributed by atoms with van der Waals surface area (Å²) >= 11 is 0. The van der Waals surface area contributed by atoms with Crippen LogP contribution in [0.3, 0.4) is 0 Å². The Hall–Kier alpha value is -1.77. The molecule has 1 N–H and O–H groups in total. The van der Waals surface area contributed by atoms with Crippen LogP contribution in [-0.4, -0.2) is 30.8 Å². The fourth-order valence-electron chi connectivity index (χ4n) is 2.47. The lowest BCUT2D eigenvalue weighted by Crippen LogP contribution is -2.33.